The van der Waals surface area contributed by atoms with Crippen molar-refractivity contribution in [2.45, 2.75) is 38.2 Å². The standard InChI is InChI=1S/C10H14O/c1-2-11-10-7-6-8-4-3-5-9(8)10/h2,10H,1,3-7H2. The minimum absolute atomic E-state index is 0.394. The lowest BCUT2D eigenvalue weighted by molar-refractivity contribution is 0.174. The van der Waals surface area contributed by atoms with Crippen LogP contribution in [0.25, 0.3) is 0 Å². The van der Waals surface area contributed by atoms with Gasteiger partial charge in [0.15, 0.2) is 0 Å². The van der Waals surface area contributed by atoms with E-state index < -0.39 is 0 Å². The molecule has 1 atom stereocenters. The van der Waals surface area contributed by atoms with Gasteiger partial charge in [0, 0.05) is 0 Å². The van der Waals surface area contributed by atoms with Gasteiger partial charge >= 0.3 is 0 Å². The van der Waals surface area contributed by atoms with Crippen LogP contribution in [-0.4, -0.2) is 6.10 Å². The number of rotatable bonds is 2. The summed E-state index contributed by atoms with van der Waals surface area (Å²) in [6.07, 6.45) is 8.38. The van der Waals surface area contributed by atoms with E-state index in [4.69, 9.17) is 4.74 Å². The summed E-state index contributed by atoms with van der Waals surface area (Å²) in [4.78, 5) is 0. The lowest BCUT2D eigenvalue weighted by atomic mass is 10.1. The third kappa shape index (κ3) is 1.09. The summed E-state index contributed by atoms with van der Waals surface area (Å²) >= 11 is 0. The van der Waals surface area contributed by atoms with E-state index in [1.54, 1.807) is 17.4 Å². The molecule has 0 saturated heterocycles. The van der Waals surface area contributed by atoms with Crippen LogP contribution in [0.2, 0.25) is 0 Å². The fourth-order valence-electron chi connectivity index (χ4n) is 2.25. The van der Waals surface area contributed by atoms with Crippen molar-refractivity contribution in [3.8, 4) is 0 Å². The quantitative estimate of drug-likeness (QED) is 0.434. The van der Waals surface area contributed by atoms with E-state index in [1.165, 1.54) is 32.1 Å². The van der Waals surface area contributed by atoms with Crippen molar-refractivity contribution in [1.29, 1.82) is 0 Å². The van der Waals surface area contributed by atoms with Crippen LogP contribution in [0.3, 0.4) is 0 Å². The Morgan fingerprint density at radius 3 is 3.09 bits per heavy atom. The highest BCUT2D eigenvalue weighted by Gasteiger charge is 2.28. The Bertz CT molecular complexity index is 203. The lowest BCUT2D eigenvalue weighted by Gasteiger charge is -2.12. The van der Waals surface area contributed by atoms with Crippen molar-refractivity contribution in [3.05, 3.63) is 24.0 Å². The number of hydrogen-bond acceptors (Lipinski definition) is 1. The molecule has 0 amide bonds. The highest BCUT2D eigenvalue weighted by molar-refractivity contribution is 5.28. The van der Waals surface area contributed by atoms with E-state index >= 15 is 0 Å². The van der Waals surface area contributed by atoms with Crippen LogP contribution >= 0.6 is 0 Å². The Kier molecular flexibility index (Phi) is 1.72. The monoisotopic (exact) mass is 150 g/mol. The highest BCUT2D eigenvalue weighted by atomic mass is 16.5. The molecule has 0 aliphatic heterocycles. The molecule has 0 aromatic carbocycles. The Morgan fingerprint density at radius 2 is 2.27 bits per heavy atom. The molecular formula is C10H14O. The zero-order valence-electron chi connectivity index (χ0n) is 6.81. The summed E-state index contributed by atoms with van der Waals surface area (Å²) in [6.45, 7) is 3.59. The third-order valence-corrected chi connectivity index (χ3v) is 2.74. The fraction of sp³-hybridized carbons (Fsp3) is 0.600. The number of hydrogen-bond donors (Lipinski definition) is 0. The molecule has 1 nitrogen and oxygen atoms in total. The summed E-state index contributed by atoms with van der Waals surface area (Å²) in [7, 11) is 0. The molecule has 0 saturated carbocycles. The zero-order valence-corrected chi connectivity index (χ0v) is 6.81. The van der Waals surface area contributed by atoms with Crippen LogP contribution in [0.5, 0.6) is 0 Å². The Hall–Kier alpha value is -0.720. The summed E-state index contributed by atoms with van der Waals surface area (Å²) in [5.74, 6) is 0. The number of allylic oxidation sites excluding steroid dienone is 1. The molecular weight excluding hydrogens is 136 g/mol. The second kappa shape index (κ2) is 2.72. The van der Waals surface area contributed by atoms with Crippen molar-refractivity contribution in [1.82, 2.24) is 0 Å². The molecule has 0 aromatic heterocycles. The van der Waals surface area contributed by atoms with E-state index in [0.29, 0.717) is 6.10 Å². The largest absolute Gasteiger partial charge is 0.494 e. The first-order valence-corrected chi connectivity index (χ1v) is 4.39. The molecule has 0 bridgehead atoms. The Labute approximate surface area is 67.7 Å². The van der Waals surface area contributed by atoms with E-state index in [2.05, 4.69) is 6.58 Å². The van der Waals surface area contributed by atoms with Gasteiger partial charge < -0.3 is 4.74 Å². The minimum Gasteiger partial charge on any atom is -0.494 e. The molecule has 60 valence electrons. The molecule has 11 heavy (non-hydrogen) atoms. The molecule has 0 heterocycles. The molecule has 1 heteroatoms. The normalized spacial score (nSPS) is 28.9. The van der Waals surface area contributed by atoms with Gasteiger partial charge in [-0.2, -0.15) is 0 Å². The van der Waals surface area contributed by atoms with Gasteiger partial charge in [-0.25, -0.2) is 0 Å². The Morgan fingerprint density at radius 1 is 1.36 bits per heavy atom. The summed E-state index contributed by atoms with van der Waals surface area (Å²) in [5, 5.41) is 0. The van der Waals surface area contributed by atoms with Gasteiger partial charge in [-0.3, -0.25) is 0 Å². The van der Waals surface area contributed by atoms with E-state index in [-0.39, 0.29) is 0 Å². The fourth-order valence-corrected chi connectivity index (χ4v) is 2.25. The van der Waals surface area contributed by atoms with Gasteiger partial charge in [-0.15, -0.1) is 0 Å². The van der Waals surface area contributed by atoms with Crippen molar-refractivity contribution >= 4 is 0 Å². The minimum atomic E-state index is 0.394. The SMILES string of the molecule is C=COC1CCC2=C1CCC2. The molecule has 0 radical (unpaired) electrons. The van der Waals surface area contributed by atoms with Crippen LogP contribution in [0.4, 0.5) is 0 Å². The van der Waals surface area contributed by atoms with Crippen molar-refractivity contribution in [2.75, 3.05) is 0 Å². The van der Waals surface area contributed by atoms with E-state index in [0.717, 1.165) is 0 Å². The Balaban J connectivity index is 2.09. The van der Waals surface area contributed by atoms with E-state index in [9.17, 15) is 0 Å². The van der Waals surface area contributed by atoms with Gasteiger partial charge in [0.1, 0.15) is 6.10 Å². The first kappa shape index (κ1) is 6.96. The third-order valence-electron chi connectivity index (χ3n) is 2.74. The molecule has 2 aliphatic rings. The second-order valence-corrected chi connectivity index (χ2v) is 3.31. The number of ether oxygens (including phenoxy) is 1. The van der Waals surface area contributed by atoms with Gasteiger partial charge in [0.2, 0.25) is 0 Å². The first-order valence-electron chi connectivity index (χ1n) is 4.39. The van der Waals surface area contributed by atoms with Gasteiger partial charge in [0.25, 0.3) is 0 Å². The summed E-state index contributed by atoms with van der Waals surface area (Å²) < 4.78 is 5.42. The first-order chi connectivity index (χ1) is 5.42. The lowest BCUT2D eigenvalue weighted by Crippen LogP contribution is -2.07. The molecule has 1 unspecified atom stereocenters. The highest BCUT2D eigenvalue weighted by Crippen LogP contribution is 2.39. The summed E-state index contributed by atoms with van der Waals surface area (Å²) in [6, 6.07) is 0. The van der Waals surface area contributed by atoms with Gasteiger partial charge in [0.05, 0.1) is 6.26 Å². The second-order valence-electron chi connectivity index (χ2n) is 3.31. The van der Waals surface area contributed by atoms with Crippen molar-refractivity contribution in [3.63, 3.8) is 0 Å². The van der Waals surface area contributed by atoms with Crippen molar-refractivity contribution < 1.29 is 4.74 Å². The average molecular weight is 150 g/mol. The topological polar surface area (TPSA) is 9.23 Å². The average Bonchev–Trinajstić information content (AvgIpc) is 2.53. The maximum Gasteiger partial charge on any atom is 0.119 e. The van der Waals surface area contributed by atoms with Crippen LogP contribution in [0.15, 0.2) is 24.0 Å². The predicted octanol–water partition coefficient (Wildman–Crippen LogP) is 2.79. The molecule has 2 aliphatic carbocycles. The maximum absolute atomic E-state index is 5.42. The molecule has 0 aromatic rings. The molecule has 2 rings (SSSR count). The zero-order chi connectivity index (χ0) is 7.68. The molecule has 0 N–H and O–H groups in total. The van der Waals surface area contributed by atoms with E-state index in [1.807, 2.05) is 0 Å². The summed E-state index contributed by atoms with van der Waals surface area (Å²) in [5.41, 5.74) is 3.27. The van der Waals surface area contributed by atoms with Crippen molar-refractivity contribution in [2.24, 2.45) is 0 Å². The van der Waals surface area contributed by atoms with Crippen LogP contribution in [-0.2, 0) is 4.74 Å². The van der Waals surface area contributed by atoms with Crippen LogP contribution in [0, 0.1) is 0 Å². The molecule has 0 spiro atoms. The predicted molar refractivity (Wildman–Crippen MR) is 45.2 cm³/mol. The molecule has 0 fully saturated rings. The van der Waals surface area contributed by atoms with Gasteiger partial charge in [-0.1, -0.05) is 12.2 Å². The maximum atomic E-state index is 5.42. The smallest absolute Gasteiger partial charge is 0.119 e. The van der Waals surface area contributed by atoms with Crippen LogP contribution < -0.4 is 0 Å². The van der Waals surface area contributed by atoms with Gasteiger partial charge in [-0.05, 0) is 37.7 Å². The van der Waals surface area contributed by atoms with Crippen LogP contribution in [0.1, 0.15) is 32.1 Å².